The van der Waals surface area contributed by atoms with Crippen molar-refractivity contribution in [3.8, 4) is 11.5 Å². The van der Waals surface area contributed by atoms with E-state index >= 15 is 0 Å². The van der Waals surface area contributed by atoms with Gasteiger partial charge in [0.15, 0.2) is 17.3 Å². The summed E-state index contributed by atoms with van der Waals surface area (Å²) < 4.78 is 15.7. The van der Waals surface area contributed by atoms with Crippen LogP contribution in [0.1, 0.15) is 17.0 Å². The van der Waals surface area contributed by atoms with Gasteiger partial charge in [-0.15, -0.1) is 0 Å². The lowest BCUT2D eigenvalue weighted by Gasteiger charge is -2.05. The largest absolute Gasteiger partial charge is 0.454 e. The van der Waals surface area contributed by atoms with Crippen LogP contribution < -0.4 is 14.8 Å². The first kappa shape index (κ1) is 12.3. The maximum Gasteiger partial charge on any atom is 0.231 e. The lowest BCUT2D eigenvalue weighted by Crippen LogP contribution is -2.12. The second-order valence-electron chi connectivity index (χ2n) is 4.35. The number of nitrogens with one attached hydrogen (secondary N) is 1. The lowest BCUT2D eigenvalue weighted by molar-refractivity contribution is 0.174. The Morgan fingerprint density at radius 2 is 2.16 bits per heavy atom. The molecule has 1 aromatic heterocycles. The van der Waals surface area contributed by atoms with E-state index in [9.17, 15) is 0 Å². The van der Waals surface area contributed by atoms with Gasteiger partial charge in [-0.05, 0) is 24.6 Å². The summed E-state index contributed by atoms with van der Waals surface area (Å²) in [5.74, 6) is 2.13. The zero-order valence-corrected chi connectivity index (χ0v) is 11.2. The molecule has 0 bridgehead atoms. The summed E-state index contributed by atoms with van der Waals surface area (Å²) in [5.41, 5.74) is 1.91. The molecule has 0 saturated carbocycles. The minimum Gasteiger partial charge on any atom is -0.454 e. The minimum atomic E-state index is 0.225. The van der Waals surface area contributed by atoms with Crippen LogP contribution in [-0.2, 0) is 13.1 Å². The van der Waals surface area contributed by atoms with Gasteiger partial charge in [-0.25, -0.2) is 0 Å². The fourth-order valence-corrected chi connectivity index (χ4v) is 2.24. The molecule has 1 aliphatic heterocycles. The highest BCUT2D eigenvalue weighted by Crippen LogP contribution is 2.39. The number of hydrogen-bond donors (Lipinski definition) is 1. The summed E-state index contributed by atoms with van der Waals surface area (Å²) >= 11 is 6.11. The number of aryl methyl sites for hydroxylation is 1. The van der Waals surface area contributed by atoms with Crippen LogP contribution in [0.25, 0.3) is 0 Å². The molecule has 0 spiro atoms. The van der Waals surface area contributed by atoms with Crippen LogP contribution in [-0.4, -0.2) is 11.9 Å². The smallest absolute Gasteiger partial charge is 0.231 e. The van der Waals surface area contributed by atoms with E-state index in [2.05, 4.69) is 10.5 Å². The first-order chi connectivity index (χ1) is 9.22. The van der Waals surface area contributed by atoms with Gasteiger partial charge in [0.1, 0.15) is 0 Å². The maximum absolute atomic E-state index is 6.11. The van der Waals surface area contributed by atoms with E-state index in [0.717, 1.165) is 17.0 Å². The van der Waals surface area contributed by atoms with E-state index in [1.54, 1.807) is 0 Å². The van der Waals surface area contributed by atoms with Gasteiger partial charge in [-0.2, -0.15) is 0 Å². The van der Waals surface area contributed by atoms with Crippen LogP contribution in [0.3, 0.4) is 0 Å². The van der Waals surface area contributed by atoms with Crippen molar-refractivity contribution in [3.63, 3.8) is 0 Å². The Morgan fingerprint density at radius 1 is 1.26 bits per heavy atom. The van der Waals surface area contributed by atoms with Crippen molar-refractivity contribution in [1.82, 2.24) is 10.5 Å². The van der Waals surface area contributed by atoms with Gasteiger partial charge in [-0.1, -0.05) is 16.8 Å². The van der Waals surface area contributed by atoms with Crippen LogP contribution in [0.4, 0.5) is 0 Å². The molecular weight excluding hydrogens is 268 g/mol. The Bertz CT molecular complexity index is 598. The third kappa shape index (κ3) is 2.67. The average molecular weight is 281 g/mol. The van der Waals surface area contributed by atoms with Crippen molar-refractivity contribution in [3.05, 3.63) is 40.2 Å². The molecule has 0 unspecified atom stereocenters. The van der Waals surface area contributed by atoms with Crippen molar-refractivity contribution >= 4 is 11.6 Å². The number of nitrogens with zero attached hydrogens (tertiary/aromatic N) is 1. The van der Waals surface area contributed by atoms with Gasteiger partial charge >= 0.3 is 0 Å². The topological polar surface area (TPSA) is 56.5 Å². The van der Waals surface area contributed by atoms with E-state index in [1.165, 1.54) is 0 Å². The van der Waals surface area contributed by atoms with Gasteiger partial charge in [0.25, 0.3) is 0 Å². The summed E-state index contributed by atoms with van der Waals surface area (Å²) in [6.07, 6.45) is 0. The molecule has 0 radical (unpaired) electrons. The normalized spacial score (nSPS) is 12.9. The number of fused-ring (bicyclic) bond motifs is 1. The van der Waals surface area contributed by atoms with Crippen LogP contribution in [0.2, 0.25) is 5.02 Å². The molecule has 6 heteroatoms. The van der Waals surface area contributed by atoms with E-state index in [4.69, 9.17) is 25.6 Å². The molecule has 0 fully saturated rings. The molecule has 1 N–H and O–H groups in total. The average Bonchev–Trinajstić information content (AvgIpc) is 2.98. The first-order valence-electron chi connectivity index (χ1n) is 5.93. The van der Waals surface area contributed by atoms with Gasteiger partial charge in [0, 0.05) is 12.6 Å². The number of benzene rings is 1. The maximum atomic E-state index is 6.11. The Labute approximate surface area is 115 Å². The number of ether oxygens (including phenoxy) is 2. The Kier molecular flexibility index (Phi) is 3.31. The standard InChI is InChI=1S/C13H13ClN2O3/c1-8-2-10(19-16-8)6-15-5-9-3-11(14)13-12(4-9)17-7-18-13/h2-4,15H,5-7H2,1H3. The lowest BCUT2D eigenvalue weighted by atomic mass is 10.2. The highest BCUT2D eigenvalue weighted by Gasteiger charge is 2.18. The highest BCUT2D eigenvalue weighted by atomic mass is 35.5. The summed E-state index contributed by atoms with van der Waals surface area (Å²) in [6, 6.07) is 5.69. The Balaban J connectivity index is 1.63. The zero-order valence-electron chi connectivity index (χ0n) is 10.4. The van der Waals surface area contributed by atoms with Crippen LogP contribution in [0.5, 0.6) is 11.5 Å². The molecule has 0 amide bonds. The van der Waals surface area contributed by atoms with Crippen LogP contribution in [0.15, 0.2) is 22.7 Å². The summed E-state index contributed by atoms with van der Waals surface area (Å²) in [5, 5.41) is 7.66. The van der Waals surface area contributed by atoms with Gasteiger partial charge < -0.3 is 19.3 Å². The molecule has 19 heavy (non-hydrogen) atoms. The van der Waals surface area contributed by atoms with E-state index in [1.807, 2.05) is 25.1 Å². The van der Waals surface area contributed by atoms with E-state index in [-0.39, 0.29) is 6.79 Å². The van der Waals surface area contributed by atoms with Crippen molar-refractivity contribution in [1.29, 1.82) is 0 Å². The fourth-order valence-electron chi connectivity index (χ4n) is 1.95. The molecule has 2 aromatic rings. The Hall–Kier alpha value is -1.72. The summed E-state index contributed by atoms with van der Waals surface area (Å²) in [4.78, 5) is 0. The molecule has 1 aliphatic rings. The zero-order chi connectivity index (χ0) is 13.2. The number of aromatic nitrogens is 1. The molecular formula is C13H13ClN2O3. The van der Waals surface area contributed by atoms with Crippen LogP contribution >= 0.6 is 11.6 Å². The third-order valence-corrected chi connectivity index (χ3v) is 3.07. The molecule has 0 aliphatic carbocycles. The number of rotatable bonds is 4. The SMILES string of the molecule is Cc1cc(CNCc2cc(Cl)c3c(c2)OCO3)on1. The number of halogens is 1. The molecule has 0 atom stereocenters. The molecule has 100 valence electrons. The van der Waals surface area contributed by atoms with Crippen molar-refractivity contribution in [2.75, 3.05) is 6.79 Å². The molecule has 0 saturated heterocycles. The third-order valence-electron chi connectivity index (χ3n) is 2.79. The highest BCUT2D eigenvalue weighted by molar-refractivity contribution is 6.32. The van der Waals surface area contributed by atoms with Crippen molar-refractivity contribution < 1.29 is 14.0 Å². The van der Waals surface area contributed by atoms with Crippen molar-refractivity contribution in [2.45, 2.75) is 20.0 Å². The molecule has 3 rings (SSSR count). The van der Waals surface area contributed by atoms with Gasteiger partial charge in [-0.3, -0.25) is 0 Å². The second-order valence-corrected chi connectivity index (χ2v) is 4.76. The van der Waals surface area contributed by atoms with E-state index in [0.29, 0.717) is 29.6 Å². The quantitative estimate of drug-likeness (QED) is 0.933. The second kappa shape index (κ2) is 5.11. The molecule has 5 nitrogen and oxygen atoms in total. The molecule has 1 aromatic carbocycles. The minimum absolute atomic E-state index is 0.225. The van der Waals surface area contributed by atoms with Crippen molar-refractivity contribution in [2.24, 2.45) is 0 Å². The summed E-state index contributed by atoms with van der Waals surface area (Å²) in [7, 11) is 0. The summed E-state index contributed by atoms with van der Waals surface area (Å²) in [6.45, 7) is 3.40. The predicted octanol–water partition coefficient (Wildman–Crippen LogP) is 2.65. The number of hydrogen-bond acceptors (Lipinski definition) is 5. The predicted molar refractivity (Wildman–Crippen MR) is 69.4 cm³/mol. The van der Waals surface area contributed by atoms with E-state index < -0.39 is 0 Å². The van der Waals surface area contributed by atoms with Gasteiger partial charge in [0.2, 0.25) is 6.79 Å². The monoisotopic (exact) mass is 280 g/mol. The van der Waals surface area contributed by atoms with Gasteiger partial charge in [0.05, 0.1) is 17.3 Å². The Morgan fingerprint density at radius 3 is 2.95 bits per heavy atom. The van der Waals surface area contributed by atoms with Crippen LogP contribution in [0, 0.1) is 6.92 Å². The fraction of sp³-hybridized carbons (Fsp3) is 0.308. The first-order valence-corrected chi connectivity index (χ1v) is 6.31. The molecule has 2 heterocycles.